The van der Waals surface area contributed by atoms with Crippen molar-refractivity contribution in [1.82, 2.24) is 4.90 Å². The normalized spacial score (nSPS) is 34.5. The quantitative estimate of drug-likeness (QED) is 0.539. The van der Waals surface area contributed by atoms with Gasteiger partial charge in [-0.3, -0.25) is 0 Å². The van der Waals surface area contributed by atoms with Crippen molar-refractivity contribution in [3.8, 4) is 0 Å². The van der Waals surface area contributed by atoms with Crippen LogP contribution in [0.2, 0.25) is 0 Å². The third-order valence-corrected chi connectivity index (χ3v) is 2.51. The number of rotatable bonds is 0. The second kappa shape index (κ2) is 3.51. The van der Waals surface area contributed by atoms with E-state index in [2.05, 4.69) is 4.74 Å². The van der Waals surface area contributed by atoms with Crippen molar-refractivity contribution in [1.29, 1.82) is 0 Å². The van der Waals surface area contributed by atoms with Crippen LogP contribution in [0.4, 0.5) is 4.79 Å². The number of β-amino-alcohol motifs (C(OH)–C–C–N with tert-alkyl or cyclic N) is 1. The number of carbonyl (C=O) groups is 1. The zero-order chi connectivity index (χ0) is 10.1. The van der Waals surface area contributed by atoms with Crippen LogP contribution in [0, 0.1) is 0 Å². The lowest BCUT2D eigenvalue weighted by Crippen LogP contribution is -2.59. The van der Waals surface area contributed by atoms with Crippen LogP contribution in [-0.4, -0.2) is 47.9 Å². The average molecular weight is 188 g/mol. The highest BCUT2D eigenvalue weighted by atomic mass is 16.5. The molecule has 1 rings (SSSR count). The summed E-state index contributed by atoms with van der Waals surface area (Å²) in [4.78, 5) is 12.5. The van der Waals surface area contributed by atoms with Gasteiger partial charge in [0.05, 0.1) is 19.8 Å². The van der Waals surface area contributed by atoms with Gasteiger partial charge in [-0.1, -0.05) is 0 Å². The summed E-state index contributed by atoms with van der Waals surface area (Å²) >= 11 is 0. The van der Waals surface area contributed by atoms with E-state index in [4.69, 9.17) is 5.73 Å². The number of hydrogen-bond acceptors (Lipinski definition) is 4. The predicted octanol–water partition coefficient (Wildman–Crippen LogP) is -0.463. The molecular formula is C8H16N2O3. The highest BCUT2D eigenvalue weighted by Crippen LogP contribution is 2.19. The van der Waals surface area contributed by atoms with E-state index < -0.39 is 17.7 Å². The Hall–Kier alpha value is -0.810. The minimum absolute atomic E-state index is 0.250. The van der Waals surface area contributed by atoms with Crippen LogP contribution in [0.5, 0.6) is 0 Å². The van der Waals surface area contributed by atoms with E-state index in [1.54, 1.807) is 6.92 Å². The molecule has 5 nitrogen and oxygen atoms in total. The topological polar surface area (TPSA) is 75.8 Å². The second-order valence-electron chi connectivity index (χ2n) is 3.69. The average Bonchev–Trinajstić information content (AvgIpc) is 2.08. The van der Waals surface area contributed by atoms with Gasteiger partial charge in [0, 0.05) is 12.1 Å². The Balaban J connectivity index is 2.56. The summed E-state index contributed by atoms with van der Waals surface area (Å²) in [6, 6.07) is 0. The minimum atomic E-state index is -0.680. The third kappa shape index (κ3) is 2.10. The fraction of sp³-hybridized carbons (Fsp3) is 0.875. The van der Waals surface area contributed by atoms with E-state index in [9.17, 15) is 9.90 Å². The molecule has 0 aromatic carbocycles. The largest absolute Gasteiger partial charge is 0.453 e. The number of methoxy groups -OCH3 is 1. The Kier molecular flexibility index (Phi) is 2.77. The number of ether oxygens (including phenoxy) is 1. The number of piperidine rings is 1. The molecule has 1 fully saturated rings. The molecule has 0 saturated carbocycles. The Bertz CT molecular complexity index is 206. The van der Waals surface area contributed by atoms with E-state index in [1.165, 1.54) is 12.0 Å². The Labute approximate surface area is 77.5 Å². The molecule has 5 heteroatoms. The van der Waals surface area contributed by atoms with E-state index in [0.717, 1.165) is 0 Å². The van der Waals surface area contributed by atoms with Crippen LogP contribution in [0.15, 0.2) is 0 Å². The summed E-state index contributed by atoms with van der Waals surface area (Å²) in [5, 5.41) is 9.58. The first-order chi connectivity index (χ1) is 5.97. The molecule has 1 aliphatic heterocycles. The van der Waals surface area contributed by atoms with Crippen LogP contribution in [0.3, 0.4) is 0 Å². The molecule has 3 N–H and O–H groups in total. The van der Waals surface area contributed by atoms with Gasteiger partial charge in [0.15, 0.2) is 0 Å². The minimum Gasteiger partial charge on any atom is -0.453 e. The molecule has 2 atom stereocenters. The van der Waals surface area contributed by atoms with Crippen molar-refractivity contribution in [2.45, 2.75) is 25.0 Å². The monoisotopic (exact) mass is 188 g/mol. The molecular weight excluding hydrogens is 172 g/mol. The first-order valence-electron chi connectivity index (χ1n) is 4.27. The molecule has 13 heavy (non-hydrogen) atoms. The Morgan fingerprint density at radius 2 is 2.38 bits per heavy atom. The molecule has 1 heterocycles. The summed E-state index contributed by atoms with van der Waals surface area (Å²) < 4.78 is 4.54. The Morgan fingerprint density at radius 3 is 2.85 bits per heavy atom. The smallest absolute Gasteiger partial charge is 0.409 e. The van der Waals surface area contributed by atoms with Crippen molar-refractivity contribution in [2.24, 2.45) is 5.73 Å². The molecule has 0 aromatic heterocycles. The number of nitrogens with two attached hydrogens (primary N) is 1. The molecule has 76 valence electrons. The van der Waals surface area contributed by atoms with Crippen molar-refractivity contribution in [3.05, 3.63) is 0 Å². The lowest BCUT2D eigenvalue weighted by Gasteiger charge is -2.40. The van der Waals surface area contributed by atoms with Crippen molar-refractivity contribution in [3.63, 3.8) is 0 Å². The number of amides is 1. The first-order valence-corrected chi connectivity index (χ1v) is 4.27. The first kappa shape index (κ1) is 10.3. The number of nitrogens with zero attached hydrogens (tertiary/aromatic N) is 1. The molecule has 1 amide bonds. The van der Waals surface area contributed by atoms with E-state index >= 15 is 0 Å². The SMILES string of the molecule is COC(=O)N1CC[C@](C)(N)[C@@H](O)C1. The maximum atomic E-state index is 11.1. The van der Waals surface area contributed by atoms with Crippen LogP contribution in [-0.2, 0) is 4.74 Å². The zero-order valence-electron chi connectivity index (χ0n) is 7.99. The molecule has 0 radical (unpaired) electrons. The molecule has 0 bridgehead atoms. The fourth-order valence-corrected chi connectivity index (χ4v) is 1.35. The molecule has 1 saturated heterocycles. The van der Waals surface area contributed by atoms with Gasteiger partial charge in [-0.2, -0.15) is 0 Å². The van der Waals surface area contributed by atoms with Crippen molar-refractivity contribution in [2.75, 3.05) is 20.2 Å². The summed E-state index contributed by atoms with van der Waals surface area (Å²) in [6.07, 6.45) is -0.501. The van der Waals surface area contributed by atoms with Crippen LogP contribution >= 0.6 is 0 Å². The molecule has 0 spiro atoms. The van der Waals surface area contributed by atoms with Gasteiger partial charge in [0.2, 0.25) is 0 Å². The van der Waals surface area contributed by atoms with Gasteiger partial charge in [-0.25, -0.2) is 4.79 Å². The maximum Gasteiger partial charge on any atom is 0.409 e. The number of carbonyl (C=O) groups excluding carboxylic acids is 1. The molecule has 1 aliphatic rings. The summed E-state index contributed by atoms with van der Waals surface area (Å²) in [6.45, 7) is 2.57. The standard InChI is InChI=1S/C8H16N2O3/c1-8(9)3-4-10(5-6(8)11)7(12)13-2/h6,11H,3-5,9H2,1-2H3/t6-,8-/m0/s1. The van der Waals surface area contributed by atoms with Crippen molar-refractivity contribution < 1.29 is 14.6 Å². The lowest BCUT2D eigenvalue weighted by atomic mass is 9.88. The van der Waals surface area contributed by atoms with Gasteiger partial charge in [-0.15, -0.1) is 0 Å². The van der Waals surface area contributed by atoms with Crippen LogP contribution in [0.25, 0.3) is 0 Å². The number of aliphatic hydroxyl groups is 1. The maximum absolute atomic E-state index is 11.1. The van der Waals surface area contributed by atoms with Gasteiger partial charge in [0.25, 0.3) is 0 Å². The van der Waals surface area contributed by atoms with Crippen LogP contribution < -0.4 is 5.73 Å². The number of hydrogen-bond donors (Lipinski definition) is 2. The van der Waals surface area contributed by atoms with Gasteiger partial charge < -0.3 is 20.5 Å². The van der Waals surface area contributed by atoms with Gasteiger partial charge in [-0.05, 0) is 13.3 Å². The zero-order valence-corrected chi connectivity index (χ0v) is 7.99. The summed E-state index contributed by atoms with van der Waals surface area (Å²) in [5.41, 5.74) is 5.20. The molecule has 0 aliphatic carbocycles. The predicted molar refractivity (Wildman–Crippen MR) is 47.2 cm³/mol. The summed E-state index contributed by atoms with van der Waals surface area (Å²) in [5.74, 6) is 0. The van der Waals surface area contributed by atoms with E-state index in [1.807, 2.05) is 0 Å². The van der Waals surface area contributed by atoms with E-state index in [0.29, 0.717) is 13.0 Å². The number of aliphatic hydroxyl groups excluding tert-OH is 1. The Morgan fingerprint density at radius 1 is 1.77 bits per heavy atom. The van der Waals surface area contributed by atoms with E-state index in [-0.39, 0.29) is 6.54 Å². The number of likely N-dealkylation sites (tertiary alicyclic amines) is 1. The van der Waals surface area contributed by atoms with Crippen molar-refractivity contribution >= 4 is 6.09 Å². The molecule has 0 unspecified atom stereocenters. The highest BCUT2D eigenvalue weighted by Gasteiger charge is 2.36. The third-order valence-electron chi connectivity index (χ3n) is 2.51. The molecule has 0 aromatic rings. The highest BCUT2D eigenvalue weighted by molar-refractivity contribution is 5.67. The van der Waals surface area contributed by atoms with Crippen LogP contribution in [0.1, 0.15) is 13.3 Å². The van der Waals surface area contributed by atoms with Gasteiger partial charge >= 0.3 is 6.09 Å². The van der Waals surface area contributed by atoms with Gasteiger partial charge in [0.1, 0.15) is 0 Å². The second-order valence-corrected chi connectivity index (χ2v) is 3.69. The summed E-state index contributed by atoms with van der Waals surface area (Å²) in [7, 11) is 1.32. The lowest BCUT2D eigenvalue weighted by molar-refractivity contribution is 0.0119. The fourth-order valence-electron chi connectivity index (χ4n) is 1.35.